The maximum Gasteiger partial charge on any atom is 0.350 e. The highest BCUT2D eigenvalue weighted by molar-refractivity contribution is 7.17. The number of rotatable bonds is 8. The van der Waals surface area contributed by atoms with Gasteiger partial charge in [-0.2, -0.15) is 0 Å². The lowest BCUT2D eigenvalue weighted by molar-refractivity contribution is -0.132. The third kappa shape index (κ3) is 5.36. The van der Waals surface area contributed by atoms with Gasteiger partial charge in [0.05, 0.1) is 31.0 Å². The molecule has 1 amide bonds. The molecule has 0 spiro atoms. The van der Waals surface area contributed by atoms with Crippen LogP contribution in [0.1, 0.15) is 45.0 Å². The van der Waals surface area contributed by atoms with E-state index in [9.17, 15) is 19.5 Å². The fourth-order valence-corrected chi connectivity index (χ4v) is 5.76. The van der Waals surface area contributed by atoms with Crippen LogP contribution >= 0.6 is 11.3 Å². The number of carbonyl (C=O) groups excluding carboxylic acids is 3. The summed E-state index contributed by atoms with van der Waals surface area (Å²) in [5.74, 6) is -1.01. The molecule has 1 saturated heterocycles. The molecule has 3 aromatic carbocycles. The number of esters is 1. The Morgan fingerprint density at radius 1 is 1.00 bits per heavy atom. The van der Waals surface area contributed by atoms with Crippen molar-refractivity contribution in [3.8, 4) is 17.2 Å². The van der Waals surface area contributed by atoms with Gasteiger partial charge < -0.3 is 19.3 Å². The summed E-state index contributed by atoms with van der Waals surface area (Å²) < 4.78 is 16.5. The highest BCUT2D eigenvalue weighted by Crippen LogP contribution is 2.45. The van der Waals surface area contributed by atoms with Crippen molar-refractivity contribution in [3.63, 3.8) is 0 Å². The van der Waals surface area contributed by atoms with Crippen LogP contribution < -0.4 is 14.4 Å². The molecule has 5 rings (SSSR count). The first-order chi connectivity index (χ1) is 20.2. The van der Waals surface area contributed by atoms with E-state index in [-0.39, 0.29) is 27.9 Å². The van der Waals surface area contributed by atoms with Crippen molar-refractivity contribution in [1.29, 1.82) is 0 Å². The summed E-state index contributed by atoms with van der Waals surface area (Å²) in [6.07, 6.45) is 0. The van der Waals surface area contributed by atoms with E-state index in [1.165, 1.54) is 4.90 Å². The minimum absolute atomic E-state index is 0.119. The maximum absolute atomic E-state index is 13.6. The van der Waals surface area contributed by atoms with Gasteiger partial charge in [-0.3, -0.25) is 14.5 Å². The first kappa shape index (κ1) is 28.6. The van der Waals surface area contributed by atoms with Crippen molar-refractivity contribution in [2.45, 2.75) is 26.8 Å². The highest BCUT2D eigenvalue weighted by atomic mass is 32.1. The van der Waals surface area contributed by atoms with Gasteiger partial charge in [-0.05, 0) is 74.4 Å². The molecule has 42 heavy (non-hydrogen) atoms. The van der Waals surface area contributed by atoms with Gasteiger partial charge >= 0.3 is 11.9 Å². The fraction of sp³-hybridized carbons (Fsp3) is 0.188. The maximum atomic E-state index is 13.6. The normalized spacial score (nSPS) is 16.0. The smallest absolute Gasteiger partial charge is 0.350 e. The van der Waals surface area contributed by atoms with E-state index in [0.29, 0.717) is 34.1 Å². The van der Waals surface area contributed by atoms with Crippen molar-refractivity contribution in [1.82, 2.24) is 4.98 Å². The average molecular weight is 585 g/mol. The molecule has 214 valence electrons. The number of ketones is 1. The van der Waals surface area contributed by atoms with Crippen LogP contribution in [0.25, 0.3) is 5.76 Å². The van der Waals surface area contributed by atoms with Crippen LogP contribution in [0.2, 0.25) is 0 Å². The van der Waals surface area contributed by atoms with E-state index in [1.54, 1.807) is 75.6 Å². The van der Waals surface area contributed by atoms with Gasteiger partial charge in [-0.1, -0.05) is 41.7 Å². The van der Waals surface area contributed by atoms with Crippen LogP contribution in [0.4, 0.5) is 5.13 Å². The number of aromatic nitrogens is 1. The lowest BCUT2D eigenvalue weighted by atomic mass is 9.94. The minimum Gasteiger partial charge on any atom is -0.507 e. The van der Waals surface area contributed by atoms with Gasteiger partial charge in [0.15, 0.2) is 5.13 Å². The van der Waals surface area contributed by atoms with Crippen LogP contribution in [-0.2, 0) is 14.3 Å². The van der Waals surface area contributed by atoms with E-state index in [2.05, 4.69) is 4.98 Å². The summed E-state index contributed by atoms with van der Waals surface area (Å²) in [5.41, 5.74) is 1.82. The Morgan fingerprint density at radius 2 is 1.74 bits per heavy atom. The molecule has 1 fully saturated rings. The number of benzene rings is 3. The van der Waals surface area contributed by atoms with Crippen LogP contribution in [0.3, 0.4) is 0 Å². The summed E-state index contributed by atoms with van der Waals surface area (Å²) in [4.78, 5) is 45.7. The number of carbonyl (C=O) groups is 3. The topological polar surface area (TPSA) is 115 Å². The second-order valence-corrected chi connectivity index (χ2v) is 10.5. The Kier molecular flexibility index (Phi) is 8.08. The summed E-state index contributed by atoms with van der Waals surface area (Å²) in [5, 5.41) is 11.7. The lowest BCUT2D eigenvalue weighted by Crippen LogP contribution is -2.29. The van der Waals surface area contributed by atoms with Crippen LogP contribution in [-0.4, -0.2) is 41.5 Å². The Balaban J connectivity index is 1.67. The van der Waals surface area contributed by atoms with Crippen molar-refractivity contribution in [2.75, 3.05) is 18.6 Å². The van der Waals surface area contributed by atoms with Crippen LogP contribution in [0.15, 0.2) is 78.4 Å². The molecule has 1 aromatic heterocycles. The highest BCUT2D eigenvalue weighted by Gasteiger charge is 2.48. The number of hydrogen-bond donors (Lipinski definition) is 1. The second-order valence-electron chi connectivity index (χ2n) is 9.47. The van der Waals surface area contributed by atoms with Gasteiger partial charge in [0.1, 0.15) is 27.9 Å². The fourth-order valence-electron chi connectivity index (χ4n) is 4.77. The number of anilines is 1. The van der Waals surface area contributed by atoms with Gasteiger partial charge in [-0.15, -0.1) is 0 Å². The molecule has 0 aliphatic carbocycles. The number of amides is 1. The number of aliphatic hydroxyl groups is 1. The molecule has 0 radical (unpaired) electrons. The summed E-state index contributed by atoms with van der Waals surface area (Å²) in [6.45, 7) is 5.31. The molecule has 4 aromatic rings. The van der Waals surface area contributed by atoms with Gasteiger partial charge in [-0.25, -0.2) is 9.78 Å². The van der Waals surface area contributed by atoms with Crippen molar-refractivity contribution >= 4 is 39.9 Å². The number of aliphatic hydroxyl groups excluding tert-OH is 1. The zero-order valence-corrected chi connectivity index (χ0v) is 24.2. The van der Waals surface area contributed by atoms with Crippen molar-refractivity contribution in [3.05, 3.63) is 106 Å². The Hall–Kier alpha value is -4.96. The Labute approximate surface area is 246 Å². The molecule has 2 heterocycles. The molecule has 1 unspecified atom stereocenters. The number of thiazole rings is 1. The van der Waals surface area contributed by atoms with E-state index in [0.717, 1.165) is 16.9 Å². The van der Waals surface area contributed by atoms with Crippen LogP contribution in [0, 0.1) is 13.8 Å². The standard InChI is InChI=1S/C32H28N2O7S/c1-5-40-31(38)29-19(3)33-32(42-29)34-26(20-10-9-13-23(17-20)41-22-11-7-6-8-12-22)25(28(36)30(34)37)27(35)21-14-15-24(39-4)18(2)16-21/h6-17,26,35H,5H2,1-4H3/b27-25+. The third-order valence-corrected chi connectivity index (χ3v) is 7.85. The molecule has 9 nitrogen and oxygen atoms in total. The van der Waals surface area contributed by atoms with E-state index < -0.39 is 23.7 Å². The van der Waals surface area contributed by atoms with Gasteiger partial charge in [0.2, 0.25) is 0 Å². The van der Waals surface area contributed by atoms with Crippen molar-refractivity contribution < 1.29 is 33.7 Å². The summed E-state index contributed by atoms with van der Waals surface area (Å²) >= 11 is 0.948. The molecule has 1 atom stereocenters. The molecule has 1 aliphatic rings. The Bertz CT molecular complexity index is 1710. The molecule has 0 saturated carbocycles. The number of nitrogens with zero attached hydrogens (tertiary/aromatic N) is 2. The lowest BCUT2D eigenvalue weighted by Gasteiger charge is -2.23. The summed E-state index contributed by atoms with van der Waals surface area (Å²) in [7, 11) is 1.54. The quantitative estimate of drug-likeness (QED) is 0.110. The van der Waals surface area contributed by atoms with Gasteiger partial charge in [0.25, 0.3) is 5.78 Å². The largest absolute Gasteiger partial charge is 0.507 e. The minimum atomic E-state index is -1.06. The second kappa shape index (κ2) is 11.9. The molecule has 10 heteroatoms. The zero-order valence-electron chi connectivity index (χ0n) is 23.4. The number of Topliss-reactive ketones (excluding diaryl/α,β-unsaturated/α-hetero) is 1. The van der Waals surface area contributed by atoms with Gasteiger partial charge in [0, 0.05) is 5.56 Å². The monoisotopic (exact) mass is 584 g/mol. The summed E-state index contributed by atoms with van der Waals surface area (Å²) in [6, 6.07) is 20.0. The molecule has 0 bridgehead atoms. The molecule has 1 N–H and O–H groups in total. The average Bonchev–Trinajstić information content (AvgIpc) is 3.49. The molecular weight excluding hydrogens is 556 g/mol. The predicted molar refractivity (Wildman–Crippen MR) is 158 cm³/mol. The van der Waals surface area contributed by atoms with Crippen molar-refractivity contribution in [2.24, 2.45) is 0 Å². The first-order valence-electron chi connectivity index (χ1n) is 13.2. The van der Waals surface area contributed by atoms with E-state index in [1.807, 2.05) is 25.1 Å². The number of para-hydroxylation sites is 1. The number of ether oxygens (including phenoxy) is 3. The number of methoxy groups -OCH3 is 1. The SMILES string of the molecule is CCOC(=O)c1sc(N2C(=O)C(=O)/C(=C(/O)c3ccc(OC)c(C)c3)C2c2cccc(Oc3ccccc3)c2)nc1C. The number of aryl methyl sites for hydroxylation is 2. The van der Waals surface area contributed by atoms with E-state index in [4.69, 9.17) is 14.2 Å². The van der Waals surface area contributed by atoms with Crippen LogP contribution in [0.5, 0.6) is 17.2 Å². The Morgan fingerprint density at radius 3 is 2.43 bits per heavy atom. The predicted octanol–water partition coefficient (Wildman–Crippen LogP) is 6.36. The zero-order chi connectivity index (χ0) is 30.0. The molecular formula is C32H28N2O7S. The third-order valence-electron chi connectivity index (χ3n) is 6.72. The van der Waals surface area contributed by atoms with E-state index >= 15 is 0 Å². The molecule has 1 aliphatic heterocycles. The number of hydrogen-bond acceptors (Lipinski definition) is 9. The first-order valence-corrected chi connectivity index (χ1v) is 14.0.